The van der Waals surface area contributed by atoms with Crippen LogP contribution in [0.25, 0.3) is 11.4 Å². The summed E-state index contributed by atoms with van der Waals surface area (Å²) in [5.41, 5.74) is 1.36. The molecule has 18 heavy (non-hydrogen) atoms. The summed E-state index contributed by atoms with van der Waals surface area (Å²) in [4.78, 5) is 15.1. The summed E-state index contributed by atoms with van der Waals surface area (Å²) >= 11 is 0. The van der Waals surface area contributed by atoms with Crippen LogP contribution in [-0.2, 0) is 16.0 Å². The summed E-state index contributed by atoms with van der Waals surface area (Å²) < 4.78 is 22.4. The van der Waals surface area contributed by atoms with E-state index in [2.05, 4.69) is 14.9 Å². The highest BCUT2D eigenvalue weighted by Gasteiger charge is 2.14. The number of hydrogen-bond donors (Lipinski definition) is 0. The number of aryl methyl sites for hydroxylation is 1. The molecule has 0 fully saturated rings. The van der Waals surface area contributed by atoms with Crippen molar-refractivity contribution in [3.8, 4) is 11.4 Å². The zero-order valence-electron chi connectivity index (χ0n) is 9.94. The minimum Gasteiger partial charge on any atom is -0.469 e. The number of benzene rings is 1. The van der Waals surface area contributed by atoms with Crippen molar-refractivity contribution in [3.05, 3.63) is 35.5 Å². The maximum absolute atomic E-state index is 13.0. The van der Waals surface area contributed by atoms with Gasteiger partial charge in [-0.15, -0.1) is 0 Å². The van der Waals surface area contributed by atoms with E-state index in [0.29, 0.717) is 17.0 Å². The van der Waals surface area contributed by atoms with Crippen LogP contribution in [0, 0.1) is 12.7 Å². The van der Waals surface area contributed by atoms with Gasteiger partial charge in [0.2, 0.25) is 11.7 Å². The zero-order chi connectivity index (χ0) is 13.1. The first kappa shape index (κ1) is 12.2. The second kappa shape index (κ2) is 4.95. The van der Waals surface area contributed by atoms with Crippen LogP contribution in [0.5, 0.6) is 0 Å². The summed E-state index contributed by atoms with van der Waals surface area (Å²) in [6.07, 6.45) is -0.0796. The van der Waals surface area contributed by atoms with E-state index in [0.717, 1.165) is 0 Å². The Morgan fingerprint density at radius 2 is 2.28 bits per heavy atom. The third-order valence-corrected chi connectivity index (χ3v) is 2.42. The van der Waals surface area contributed by atoms with Crippen molar-refractivity contribution in [3.63, 3.8) is 0 Å². The molecule has 0 spiro atoms. The summed E-state index contributed by atoms with van der Waals surface area (Å²) in [5.74, 6) is -0.289. The van der Waals surface area contributed by atoms with Gasteiger partial charge in [-0.3, -0.25) is 4.79 Å². The van der Waals surface area contributed by atoms with E-state index < -0.39 is 5.97 Å². The Kier molecular flexibility index (Phi) is 3.36. The van der Waals surface area contributed by atoms with Crippen molar-refractivity contribution in [2.24, 2.45) is 0 Å². The second-order valence-corrected chi connectivity index (χ2v) is 3.72. The Balaban J connectivity index is 2.26. The van der Waals surface area contributed by atoms with E-state index in [9.17, 15) is 9.18 Å². The van der Waals surface area contributed by atoms with Crippen molar-refractivity contribution in [2.75, 3.05) is 7.11 Å². The fraction of sp³-hybridized carbons (Fsp3) is 0.250. The molecule has 5 nitrogen and oxygen atoms in total. The molecule has 0 N–H and O–H groups in total. The van der Waals surface area contributed by atoms with E-state index in [1.165, 1.54) is 19.2 Å². The average Bonchev–Trinajstić information content (AvgIpc) is 2.77. The number of rotatable bonds is 3. The largest absolute Gasteiger partial charge is 0.469 e. The van der Waals surface area contributed by atoms with E-state index in [1.807, 2.05) is 0 Å². The highest BCUT2D eigenvalue weighted by Crippen LogP contribution is 2.21. The van der Waals surface area contributed by atoms with E-state index in [4.69, 9.17) is 4.52 Å². The van der Waals surface area contributed by atoms with Crippen molar-refractivity contribution >= 4 is 5.97 Å². The fourth-order valence-electron chi connectivity index (χ4n) is 1.51. The third-order valence-electron chi connectivity index (χ3n) is 2.42. The number of methoxy groups -OCH3 is 1. The Morgan fingerprint density at radius 1 is 1.50 bits per heavy atom. The molecule has 1 heterocycles. The van der Waals surface area contributed by atoms with Gasteiger partial charge in [0.25, 0.3) is 0 Å². The average molecular weight is 250 g/mol. The number of hydrogen-bond acceptors (Lipinski definition) is 5. The number of ether oxygens (including phenoxy) is 1. The quantitative estimate of drug-likeness (QED) is 0.778. The van der Waals surface area contributed by atoms with Crippen LogP contribution in [-0.4, -0.2) is 23.2 Å². The molecule has 0 radical (unpaired) electrons. The fourth-order valence-corrected chi connectivity index (χ4v) is 1.51. The summed E-state index contributed by atoms with van der Waals surface area (Å²) in [5, 5.41) is 3.75. The predicted molar refractivity (Wildman–Crippen MR) is 60.1 cm³/mol. The molecule has 2 rings (SSSR count). The lowest BCUT2D eigenvalue weighted by atomic mass is 10.1. The van der Waals surface area contributed by atoms with Crippen molar-refractivity contribution in [2.45, 2.75) is 13.3 Å². The van der Waals surface area contributed by atoms with E-state index in [1.54, 1.807) is 13.0 Å². The van der Waals surface area contributed by atoms with Gasteiger partial charge < -0.3 is 9.26 Å². The number of halogens is 1. The lowest BCUT2D eigenvalue weighted by molar-refractivity contribution is -0.140. The lowest BCUT2D eigenvalue weighted by Gasteiger charge is -1.99. The Morgan fingerprint density at radius 3 is 2.94 bits per heavy atom. The first-order valence-corrected chi connectivity index (χ1v) is 5.26. The Hall–Kier alpha value is -2.24. The minimum atomic E-state index is -0.457. The van der Waals surface area contributed by atoms with Crippen LogP contribution in [0.2, 0.25) is 0 Å². The molecule has 0 saturated carbocycles. The number of carbonyl (C=O) groups excluding carboxylic acids is 1. The summed E-state index contributed by atoms with van der Waals surface area (Å²) in [6, 6.07) is 4.27. The Labute approximate surface area is 103 Å². The molecule has 0 amide bonds. The number of carbonyl (C=O) groups is 1. The van der Waals surface area contributed by atoms with E-state index >= 15 is 0 Å². The smallest absolute Gasteiger partial charge is 0.315 e. The first-order chi connectivity index (χ1) is 8.60. The first-order valence-electron chi connectivity index (χ1n) is 5.26. The SMILES string of the molecule is COC(=O)Cc1nc(-c2ccc(F)cc2C)no1. The molecule has 0 aliphatic carbocycles. The molecule has 1 aromatic carbocycles. The van der Waals surface area contributed by atoms with Gasteiger partial charge in [-0.1, -0.05) is 5.16 Å². The molecule has 2 aromatic rings. The van der Waals surface area contributed by atoms with Crippen LogP contribution < -0.4 is 0 Å². The molecular weight excluding hydrogens is 239 g/mol. The molecule has 0 saturated heterocycles. The number of esters is 1. The molecule has 0 aliphatic heterocycles. The van der Waals surface area contributed by atoms with Gasteiger partial charge in [0.1, 0.15) is 12.2 Å². The van der Waals surface area contributed by atoms with Crippen molar-refractivity contribution in [1.29, 1.82) is 0 Å². The molecular formula is C12H11FN2O3. The molecule has 1 aromatic heterocycles. The van der Waals surface area contributed by atoms with Crippen LogP contribution in [0.4, 0.5) is 4.39 Å². The van der Waals surface area contributed by atoms with Crippen LogP contribution in [0.3, 0.4) is 0 Å². The van der Waals surface area contributed by atoms with Crippen LogP contribution in [0.15, 0.2) is 22.7 Å². The normalized spacial score (nSPS) is 10.4. The number of nitrogens with zero attached hydrogens (tertiary/aromatic N) is 2. The van der Waals surface area contributed by atoms with Crippen LogP contribution >= 0.6 is 0 Å². The van der Waals surface area contributed by atoms with Gasteiger partial charge >= 0.3 is 5.97 Å². The summed E-state index contributed by atoms with van der Waals surface area (Å²) in [6.45, 7) is 1.74. The second-order valence-electron chi connectivity index (χ2n) is 3.72. The molecule has 0 unspecified atom stereocenters. The van der Waals surface area contributed by atoms with Gasteiger partial charge in [0, 0.05) is 5.56 Å². The standard InChI is InChI=1S/C12H11FN2O3/c1-7-5-8(13)3-4-9(7)12-14-10(18-15-12)6-11(16)17-2/h3-5H,6H2,1-2H3. The highest BCUT2D eigenvalue weighted by molar-refractivity contribution is 5.71. The van der Waals surface area contributed by atoms with Crippen molar-refractivity contribution in [1.82, 2.24) is 10.1 Å². The minimum absolute atomic E-state index is 0.0796. The van der Waals surface area contributed by atoms with Crippen LogP contribution in [0.1, 0.15) is 11.5 Å². The Bertz CT molecular complexity index is 580. The van der Waals surface area contributed by atoms with Gasteiger partial charge in [-0.2, -0.15) is 4.98 Å². The van der Waals surface area contributed by atoms with Gasteiger partial charge in [0.15, 0.2) is 0 Å². The molecule has 0 bridgehead atoms. The molecule has 94 valence electrons. The molecule has 0 atom stereocenters. The molecule has 0 aliphatic rings. The van der Waals surface area contributed by atoms with Gasteiger partial charge in [-0.25, -0.2) is 4.39 Å². The topological polar surface area (TPSA) is 65.2 Å². The third kappa shape index (κ3) is 2.53. The van der Waals surface area contributed by atoms with E-state index in [-0.39, 0.29) is 18.1 Å². The zero-order valence-corrected chi connectivity index (χ0v) is 9.94. The predicted octanol–water partition coefficient (Wildman–Crippen LogP) is 1.90. The van der Waals surface area contributed by atoms with Gasteiger partial charge in [-0.05, 0) is 30.7 Å². The lowest BCUT2D eigenvalue weighted by Crippen LogP contribution is -2.04. The van der Waals surface area contributed by atoms with Gasteiger partial charge in [0.05, 0.1) is 7.11 Å². The summed E-state index contributed by atoms with van der Waals surface area (Å²) in [7, 11) is 1.28. The number of aromatic nitrogens is 2. The monoisotopic (exact) mass is 250 g/mol. The highest BCUT2D eigenvalue weighted by atomic mass is 19.1. The maximum Gasteiger partial charge on any atom is 0.315 e. The van der Waals surface area contributed by atoms with Crippen molar-refractivity contribution < 1.29 is 18.4 Å². The molecule has 6 heteroatoms. The maximum atomic E-state index is 13.0.